The summed E-state index contributed by atoms with van der Waals surface area (Å²) in [7, 11) is 0. The molecule has 0 aliphatic heterocycles. The minimum absolute atomic E-state index is 0.833. The third-order valence-electron chi connectivity index (χ3n) is 2.52. The fourth-order valence-electron chi connectivity index (χ4n) is 1.74. The quantitative estimate of drug-likeness (QED) is 0.718. The largest absolute Gasteiger partial charge is 0.256 e. The van der Waals surface area contributed by atoms with Crippen molar-refractivity contribution in [1.82, 2.24) is 4.98 Å². The van der Waals surface area contributed by atoms with E-state index in [2.05, 4.69) is 56.9 Å². The highest BCUT2D eigenvalue weighted by Crippen LogP contribution is 2.17. The van der Waals surface area contributed by atoms with Gasteiger partial charge in [0.1, 0.15) is 0 Å². The fourth-order valence-corrected chi connectivity index (χ4v) is 1.74. The van der Waals surface area contributed by atoms with Crippen molar-refractivity contribution in [3.63, 3.8) is 0 Å². The van der Waals surface area contributed by atoms with Gasteiger partial charge >= 0.3 is 0 Å². The van der Waals surface area contributed by atoms with Gasteiger partial charge in [0.2, 0.25) is 0 Å². The molecule has 2 rings (SSSR count). The highest BCUT2D eigenvalue weighted by Gasteiger charge is 1.99. The molecule has 0 saturated heterocycles. The van der Waals surface area contributed by atoms with Gasteiger partial charge in [-0.25, -0.2) is 0 Å². The summed E-state index contributed by atoms with van der Waals surface area (Å²) in [6, 6.07) is 10.5. The summed E-state index contributed by atoms with van der Waals surface area (Å²) in [4.78, 5) is 4.43. The third kappa shape index (κ3) is 4.87. The van der Waals surface area contributed by atoms with Gasteiger partial charge in [0.15, 0.2) is 0 Å². The number of hydrogen-bond acceptors (Lipinski definition) is 1. The Hall–Kier alpha value is -1.37. The van der Waals surface area contributed by atoms with E-state index in [-0.39, 0.29) is 0 Å². The van der Waals surface area contributed by atoms with E-state index >= 15 is 0 Å². The highest BCUT2D eigenvalue weighted by molar-refractivity contribution is 5.81. The first kappa shape index (κ1) is 14.7. The number of fused-ring (bicyclic) bond motifs is 1. The maximum Gasteiger partial charge on any atom is 0.0733 e. The van der Waals surface area contributed by atoms with E-state index in [1.807, 2.05) is 12.3 Å². The molecule has 0 saturated carbocycles. The van der Waals surface area contributed by atoms with Crippen LogP contribution in [-0.2, 0) is 6.42 Å². The second-order valence-electron chi connectivity index (χ2n) is 5.33. The van der Waals surface area contributed by atoms with Gasteiger partial charge in [-0.15, -0.1) is 0 Å². The second-order valence-corrected chi connectivity index (χ2v) is 5.33. The van der Waals surface area contributed by atoms with Crippen LogP contribution in [0.2, 0.25) is 0 Å². The molecule has 0 fully saturated rings. The summed E-state index contributed by atoms with van der Waals surface area (Å²) in [6.07, 6.45) is 5.50. The van der Waals surface area contributed by atoms with Crippen LogP contribution in [0.15, 0.2) is 36.5 Å². The van der Waals surface area contributed by atoms with Crippen LogP contribution in [0.1, 0.15) is 46.1 Å². The van der Waals surface area contributed by atoms with Crippen molar-refractivity contribution in [3.05, 3.63) is 42.1 Å². The van der Waals surface area contributed by atoms with Gasteiger partial charge in [0.05, 0.1) is 5.52 Å². The molecule has 1 aromatic heterocycles. The lowest BCUT2D eigenvalue weighted by Gasteiger charge is -2.03. The van der Waals surface area contributed by atoms with Crippen LogP contribution >= 0.6 is 0 Å². The van der Waals surface area contributed by atoms with Crippen molar-refractivity contribution in [2.45, 2.75) is 47.0 Å². The smallest absolute Gasteiger partial charge is 0.0733 e. The normalized spacial score (nSPS) is 10.3. The Morgan fingerprint density at radius 1 is 1.06 bits per heavy atom. The maximum atomic E-state index is 4.43. The molecule has 0 N–H and O–H groups in total. The molecule has 0 radical (unpaired) electrons. The molecular weight excluding hydrogens is 218 g/mol. The minimum atomic E-state index is 0.833. The summed E-state index contributed by atoms with van der Waals surface area (Å²) in [5, 5.41) is 1.25. The predicted octanol–water partition coefficient (Wildman–Crippen LogP) is 5.24. The number of rotatable bonds is 3. The Kier molecular flexibility index (Phi) is 6.42. The summed E-state index contributed by atoms with van der Waals surface area (Å²) in [5.74, 6) is 0.833. The topological polar surface area (TPSA) is 12.9 Å². The Morgan fingerprint density at radius 2 is 1.72 bits per heavy atom. The van der Waals surface area contributed by atoms with Gasteiger partial charge in [0, 0.05) is 11.6 Å². The Bertz CT molecular complexity index is 452. The zero-order chi connectivity index (χ0) is 13.4. The predicted molar refractivity (Wildman–Crippen MR) is 80.9 cm³/mol. The monoisotopic (exact) mass is 243 g/mol. The first-order valence-corrected chi connectivity index (χ1v) is 6.97. The van der Waals surface area contributed by atoms with E-state index in [9.17, 15) is 0 Å². The summed E-state index contributed by atoms with van der Waals surface area (Å²) in [6.45, 7) is 8.72. The number of benzene rings is 1. The van der Waals surface area contributed by atoms with Gasteiger partial charge in [-0.1, -0.05) is 58.4 Å². The molecular formula is C17H25N. The van der Waals surface area contributed by atoms with Gasteiger partial charge in [-0.2, -0.15) is 0 Å². The Labute approximate surface area is 111 Å². The number of hydrogen-bond donors (Lipinski definition) is 0. The SMILES string of the molecule is CC(C)C.CCCCc1cccc2cccnc12. The number of nitrogens with zero attached hydrogens (tertiary/aromatic N) is 1. The molecule has 1 heterocycles. The number of unbranched alkanes of at least 4 members (excludes halogenated alkanes) is 1. The van der Waals surface area contributed by atoms with Gasteiger partial charge in [0.25, 0.3) is 0 Å². The van der Waals surface area contributed by atoms with Gasteiger partial charge in [-0.05, 0) is 30.4 Å². The van der Waals surface area contributed by atoms with Gasteiger partial charge in [-0.3, -0.25) is 4.98 Å². The molecule has 0 aliphatic carbocycles. The van der Waals surface area contributed by atoms with Crippen LogP contribution in [0.5, 0.6) is 0 Å². The maximum absolute atomic E-state index is 4.43. The number of para-hydroxylation sites is 1. The van der Waals surface area contributed by atoms with Crippen molar-refractivity contribution in [2.75, 3.05) is 0 Å². The van der Waals surface area contributed by atoms with Crippen LogP contribution < -0.4 is 0 Å². The average Bonchev–Trinajstić information content (AvgIpc) is 2.35. The first-order chi connectivity index (χ1) is 8.65. The Balaban J connectivity index is 0.000000357. The zero-order valence-electron chi connectivity index (χ0n) is 12.1. The van der Waals surface area contributed by atoms with Crippen molar-refractivity contribution in [2.24, 2.45) is 5.92 Å². The lowest BCUT2D eigenvalue weighted by Crippen LogP contribution is -1.88. The molecule has 0 amide bonds. The average molecular weight is 243 g/mol. The van der Waals surface area contributed by atoms with E-state index < -0.39 is 0 Å². The molecule has 98 valence electrons. The fraction of sp³-hybridized carbons (Fsp3) is 0.471. The van der Waals surface area contributed by atoms with E-state index in [0.717, 1.165) is 12.3 Å². The third-order valence-corrected chi connectivity index (χ3v) is 2.52. The van der Waals surface area contributed by atoms with Crippen LogP contribution in [0.3, 0.4) is 0 Å². The molecule has 0 spiro atoms. The van der Waals surface area contributed by atoms with E-state index in [4.69, 9.17) is 0 Å². The van der Waals surface area contributed by atoms with Crippen molar-refractivity contribution >= 4 is 10.9 Å². The highest BCUT2D eigenvalue weighted by atomic mass is 14.6. The van der Waals surface area contributed by atoms with Gasteiger partial charge < -0.3 is 0 Å². The Morgan fingerprint density at radius 3 is 2.39 bits per heavy atom. The summed E-state index contributed by atoms with van der Waals surface area (Å²) >= 11 is 0. The van der Waals surface area contributed by atoms with Crippen LogP contribution in [0.25, 0.3) is 10.9 Å². The van der Waals surface area contributed by atoms with E-state index in [1.165, 1.54) is 29.3 Å². The lowest BCUT2D eigenvalue weighted by molar-refractivity contribution is 0.737. The van der Waals surface area contributed by atoms with Crippen molar-refractivity contribution < 1.29 is 0 Å². The summed E-state index contributed by atoms with van der Waals surface area (Å²) in [5.41, 5.74) is 2.55. The molecule has 0 aliphatic rings. The molecule has 2 aromatic rings. The molecule has 1 nitrogen and oxygen atoms in total. The summed E-state index contributed by atoms with van der Waals surface area (Å²) < 4.78 is 0. The molecule has 0 bridgehead atoms. The molecule has 1 heteroatoms. The number of aromatic nitrogens is 1. The van der Waals surface area contributed by atoms with E-state index in [0.29, 0.717) is 0 Å². The minimum Gasteiger partial charge on any atom is -0.256 e. The standard InChI is InChI=1S/C13H15N.C4H10/c1-2-3-6-11-7-4-8-12-9-5-10-14-13(11)12;1-4(2)3/h4-5,7-10H,2-3,6H2,1H3;4H,1-3H3. The lowest BCUT2D eigenvalue weighted by atomic mass is 10.0. The molecule has 0 atom stereocenters. The molecule has 0 unspecified atom stereocenters. The van der Waals surface area contributed by atoms with Crippen molar-refractivity contribution in [3.8, 4) is 0 Å². The van der Waals surface area contributed by atoms with Crippen LogP contribution in [0.4, 0.5) is 0 Å². The van der Waals surface area contributed by atoms with Crippen molar-refractivity contribution in [1.29, 1.82) is 0 Å². The second kappa shape index (κ2) is 7.86. The number of aryl methyl sites for hydroxylation is 1. The van der Waals surface area contributed by atoms with E-state index in [1.54, 1.807) is 0 Å². The zero-order valence-corrected chi connectivity index (χ0v) is 12.1. The molecule has 18 heavy (non-hydrogen) atoms. The van der Waals surface area contributed by atoms with Crippen LogP contribution in [-0.4, -0.2) is 4.98 Å². The molecule has 1 aromatic carbocycles. The first-order valence-electron chi connectivity index (χ1n) is 6.97. The number of pyridine rings is 1. The van der Waals surface area contributed by atoms with Crippen LogP contribution in [0, 0.1) is 5.92 Å².